The molecule has 0 N–H and O–H groups in total. The van der Waals surface area contributed by atoms with Crippen LogP contribution in [0.1, 0.15) is 66.7 Å². The zero-order chi connectivity index (χ0) is 22.1. The van der Waals surface area contributed by atoms with Gasteiger partial charge in [-0.3, -0.25) is 4.79 Å². The third kappa shape index (κ3) is 3.32. The van der Waals surface area contributed by atoms with Crippen molar-refractivity contribution in [1.82, 2.24) is 29.6 Å². The SMILES string of the molecule is O=C(c1cnc(OCC2(C(F)(F)F)CC2)nc1)N1CC2(CC(n3cnc(C4CC4)n3)C2)C1. The number of hydrogen-bond acceptors (Lipinski definition) is 6. The van der Waals surface area contributed by atoms with Crippen LogP contribution in [0.4, 0.5) is 13.2 Å². The molecular weight excluding hydrogens is 425 g/mol. The van der Waals surface area contributed by atoms with Crippen molar-refractivity contribution < 1.29 is 22.7 Å². The van der Waals surface area contributed by atoms with Gasteiger partial charge in [0.05, 0.1) is 11.6 Å². The maximum Gasteiger partial charge on any atom is 0.397 e. The van der Waals surface area contributed by atoms with E-state index in [0.29, 0.717) is 30.6 Å². The number of carbonyl (C=O) groups excluding carboxylic acids is 1. The van der Waals surface area contributed by atoms with Crippen molar-refractivity contribution in [1.29, 1.82) is 0 Å². The van der Waals surface area contributed by atoms with Crippen molar-refractivity contribution in [2.75, 3.05) is 19.7 Å². The Balaban J connectivity index is 0.994. The van der Waals surface area contributed by atoms with E-state index in [-0.39, 0.29) is 30.2 Å². The highest BCUT2D eigenvalue weighted by Crippen LogP contribution is 2.57. The van der Waals surface area contributed by atoms with E-state index in [9.17, 15) is 18.0 Å². The summed E-state index contributed by atoms with van der Waals surface area (Å²) >= 11 is 0. The maximum absolute atomic E-state index is 13.0. The van der Waals surface area contributed by atoms with Gasteiger partial charge in [0.15, 0.2) is 5.82 Å². The van der Waals surface area contributed by atoms with Crippen LogP contribution in [-0.4, -0.2) is 61.4 Å². The van der Waals surface area contributed by atoms with Crippen molar-refractivity contribution in [3.05, 3.63) is 30.1 Å². The van der Waals surface area contributed by atoms with E-state index in [4.69, 9.17) is 4.74 Å². The molecule has 2 aromatic rings. The van der Waals surface area contributed by atoms with Crippen LogP contribution < -0.4 is 4.74 Å². The molecule has 0 atom stereocenters. The van der Waals surface area contributed by atoms with Gasteiger partial charge in [-0.1, -0.05) is 0 Å². The highest BCUT2D eigenvalue weighted by Gasteiger charge is 2.64. The van der Waals surface area contributed by atoms with Crippen LogP contribution in [0.15, 0.2) is 18.7 Å². The zero-order valence-electron chi connectivity index (χ0n) is 17.4. The monoisotopic (exact) mass is 448 g/mol. The van der Waals surface area contributed by atoms with Crippen molar-refractivity contribution in [2.24, 2.45) is 10.8 Å². The van der Waals surface area contributed by atoms with Crippen molar-refractivity contribution >= 4 is 5.91 Å². The first-order valence-corrected chi connectivity index (χ1v) is 11.0. The Hall–Kier alpha value is -2.72. The van der Waals surface area contributed by atoms with Gasteiger partial charge in [0.25, 0.3) is 5.91 Å². The molecule has 4 fully saturated rings. The second kappa shape index (κ2) is 6.64. The quantitative estimate of drug-likeness (QED) is 0.675. The Morgan fingerprint density at radius 3 is 2.41 bits per heavy atom. The molecule has 0 aromatic carbocycles. The summed E-state index contributed by atoms with van der Waals surface area (Å²) in [6.45, 7) is 0.866. The Bertz CT molecular complexity index is 1030. The molecule has 6 rings (SSSR count). The Morgan fingerprint density at radius 2 is 1.81 bits per heavy atom. The van der Waals surface area contributed by atoms with Gasteiger partial charge in [-0.05, 0) is 38.5 Å². The van der Waals surface area contributed by atoms with Crippen molar-refractivity contribution in [3.8, 4) is 6.01 Å². The Morgan fingerprint density at radius 1 is 1.12 bits per heavy atom. The molecule has 11 heteroatoms. The highest BCUT2D eigenvalue weighted by molar-refractivity contribution is 5.94. The molecule has 0 unspecified atom stereocenters. The topological polar surface area (TPSA) is 86.0 Å². The number of halogens is 3. The average Bonchev–Trinajstić information content (AvgIpc) is 3.63. The number of ether oxygens (including phenoxy) is 1. The summed E-state index contributed by atoms with van der Waals surface area (Å²) in [6, 6.07) is 0.205. The summed E-state index contributed by atoms with van der Waals surface area (Å²) in [4.78, 5) is 26.7. The van der Waals surface area contributed by atoms with Crippen molar-refractivity contribution in [2.45, 2.75) is 56.7 Å². The first-order valence-electron chi connectivity index (χ1n) is 11.0. The average molecular weight is 448 g/mol. The molecule has 4 aliphatic rings. The molecule has 8 nitrogen and oxygen atoms in total. The van der Waals surface area contributed by atoms with E-state index in [1.807, 2.05) is 11.0 Å². The van der Waals surface area contributed by atoms with Gasteiger partial charge in [0, 0.05) is 36.8 Å². The molecule has 1 aliphatic heterocycles. The van der Waals surface area contributed by atoms with Gasteiger partial charge in [0.1, 0.15) is 18.3 Å². The molecule has 2 aromatic heterocycles. The van der Waals surface area contributed by atoms with Crippen LogP contribution in [-0.2, 0) is 0 Å². The van der Waals surface area contributed by atoms with Gasteiger partial charge in [-0.15, -0.1) is 0 Å². The molecular formula is C21H23F3N6O2. The fraction of sp³-hybridized carbons (Fsp3) is 0.667. The summed E-state index contributed by atoms with van der Waals surface area (Å²) in [5.74, 6) is 1.33. The predicted molar refractivity (Wildman–Crippen MR) is 104 cm³/mol. The first kappa shape index (κ1) is 19.9. The smallest absolute Gasteiger partial charge is 0.397 e. The second-order valence-electron chi connectivity index (χ2n) is 9.90. The lowest BCUT2D eigenvalue weighted by Crippen LogP contribution is -2.63. The molecule has 1 amide bonds. The number of carbonyl (C=O) groups is 1. The van der Waals surface area contributed by atoms with E-state index >= 15 is 0 Å². The molecule has 3 heterocycles. The molecule has 1 saturated heterocycles. The molecule has 170 valence electrons. The van der Waals surface area contributed by atoms with Crippen molar-refractivity contribution in [3.63, 3.8) is 0 Å². The van der Waals surface area contributed by atoms with Gasteiger partial charge >= 0.3 is 12.2 Å². The van der Waals surface area contributed by atoms with Gasteiger partial charge in [0.2, 0.25) is 0 Å². The van der Waals surface area contributed by atoms with Crippen LogP contribution in [0, 0.1) is 10.8 Å². The summed E-state index contributed by atoms with van der Waals surface area (Å²) in [5.41, 5.74) is -1.32. The summed E-state index contributed by atoms with van der Waals surface area (Å²) in [6.07, 6.45) is 4.62. The lowest BCUT2D eigenvalue weighted by molar-refractivity contribution is -0.194. The number of rotatable bonds is 6. The van der Waals surface area contributed by atoms with E-state index in [1.54, 1.807) is 4.90 Å². The van der Waals surface area contributed by atoms with Crippen LogP contribution in [0.5, 0.6) is 6.01 Å². The lowest BCUT2D eigenvalue weighted by Gasteiger charge is -2.58. The first-order chi connectivity index (χ1) is 15.3. The van der Waals surface area contributed by atoms with E-state index in [0.717, 1.165) is 18.7 Å². The minimum atomic E-state index is -4.29. The van der Waals surface area contributed by atoms with E-state index in [1.165, 1.54) is 25.2 Å². The highest BCUT2D eigenvalue weighted by atomic mass is 19.4. The summed E-state index contributed by atoms with van der Waals surface area (Å²) < 4.78 is 46.1. The molecule has 3 saturated carbocycles. The number of alkyl halides is 3. The number of likely N-dealkylation sites (tertiary alicyclic amines) is 1. The van der Waals surface area contributed by atoms with Gasteiger partial charge < -0.3 is 9.64 Å². The van der Waals surface area contributed by atoms with Crippen LogP contribution in [0.25, 0.3) is 0 Å². The van der Waals surface area contributed by atoms with E-state index in [2.05, 4.69) is 20.1 Å². The Labute approximate surface area is 182 Å². The number of aromatic nitrogens is 5. The fourth-order valence-corrected chi connectivity index (χ4v) is 4.83. The molecule has 32 heavy (non-hydrogen) atoms. The number of amides is 1. The van der Waals surface area contributed by atoms with Gasteiger partial charge in [-0.2, -0.15) is 18.3 Å². The normalized spacial score (nSPS) is 23.5. The minimum absolute atomic E-state index is 0.0588. The molecule has 0 radical (unpaired) electrons. The van der Waals surface area contributed by atoms with Gasteiger partial charge in [-0.25, -0.2) is 19.6 Å². The lowest BCUT2D eigenvalue weighted by atomic mass is 9.60. The third-order valence-electron chi connectivity index (χ3n) is 7.33. The predicted octanol–water partition coefficient (Wildman–Crippen LogP) is 3.14. The largest absolute Gasteiger partial charge is 0.463 e. The molecule has 1 spiro atoms. The number of hydrogen-bond donors (Lipinski definition) is 0. The Kier molecular flexibility index (Phi) is 4.14. The standard InChI is InChI=1S/C21H23F3N6O2/c22-21(23,24)20(3-4-20)11-32-18-25-7-14(8-26-18)17(31)29-9-19(10-29)5-15(6-19)30-12-27-16(28-30)13-1-2-13/h7-8,12-13,15H,1-6,9-11H2. The maximum atomic E-state index is 13.0. The summed E-state index contributed by atoms with van der Waals surface area (Å²) in [7, 11) is 0. The van der Waals surface area contributed by atoms with E-state index < -0.39 is 18.2 Å². The van der Waals surface area contributed by atoms with Crippen LogP contribution >= 0.6 is 0 Å². The zero-order valence-corrected chi connectivity index (χ0v) is 17.4. The fourth-order valence-electron chi connectivity index (χ4n) is 4.83. The van der Waals surface area contributed by atoms with Crippen LogP contribution in [0.3, 0.4) is 0 Å². The number of nitrogens with zero attached hydrogens (tertiary/aromatic N) is 6. The van der Waals surface area contributed by atoms with Crippen LogP contribution in [0.2, 0.25) is 0 Å². The third-order valence-corrected chi connectivity index (χ3v) is 7.33. The second-order valence-corrected chi connectivity index (χ2v) is 9.90. The molecule has 3 aliphatic carbocycles. The summed E-state index contributed by atoms with van der Waals surface area (Å²) in [5, 5.41) is 4.61. The minimum Gasteiger partial charge on any atom is -0.463 e. The molecule has 0 bridgehead atoms.